The number of aliphatic hydroxyl groups is 1. The molecule has 1 atom stereocenters. The standard InChI is InChI=1S/C16H26N2O/c1-13(2)16(19)12-17-11-14-7-3-4-8-15(14)18-9-5-6-10-18/h3-4,7-8,13,16-17,19H,5-6,9-12H2,1-2H3. The Kier molecular flexibility index (Phi) is 5.23. The Morgan fingerprint density at radius 3 is 2.58 bits per heavy atom. The summed E-state index contributed by atoms with van der Waals surface area (Å²) in [4.78, 5) is 2.47. The summed E-state index contributed by atoms with van der Waals surface area (Å²) < 4.78 is 0. The highest BCUT2D eigenvalue weighted by molar-refractivity contribution is 5.54. The molecule has 19 heavy (non-hydrogen) atoms. The molecule has 3 nitrogen and oxygen atoms in total. The van der Waals surface area contributed by atoms with Gasteiger partial charge in [-0.3, -0.25) is 0 Å². The average molecular weight is 262 g/mol. The Morgan fingerprint density at radius 2 is 1.89 bits per heavy atom. The molecule has 2 N–H and O–H groups in total. The van der Waals surface area contributed by atoms with Crippen LogP contribution in [0.15, 0.2) is 24.3 Å². The summed E-state index contributed by atoms with van der Waals surface area (Å²) in [6.45, 7) is 7.93. The minimum atomic E-state index is -0.265. The fraction of sp³-hybridized carbons (Fsp3) is 0.625. The lowest BCUT2D eigenvalue weighted by Gasteiger charge is -2.22. The van der Waals surface area contributed by atoms with Gasteiger partial charge in [0.25, 0.3) is 0 Å². The summed E-state index contributed by atoms with van der Waals surface area (Å²) in [6, 6.07) is 8.60. The molecule has 1 aromatic rings. The van der Waals surface area contributed by atoms with Gasteiger partial charge in [-0.25, -0.2) is 0 Å². The number of anilines is 1. The van der Waals surface area contributed by atoms with E-state index < -0.39 is 0 Å². The van der Waals surface area contributed by atoms with Crippen LogP contribution in [0.3, 0.4) is 0 Å². The van der Waals surface area contributed by atoms with Crippen LogP contribution < -0.4 is 10.2 Å². The van der Waals surface area contributed by atoms with Gasteiger partial charge < -0.3 is 15.3 Å². The van der Waals surface area contributed by atoms with Crippen LogP contribution >= 0.6 is 0 Å². The van der Waals surface area contributed by atoms with Crippen molar-refractivity contribution in [3.8, 4) is 0 Å². The lowest BCUT2D eigenvalue weighted by Crippen LogP contribution is -2.30. The molecular weight excluding hydrogens is 236 g/mol. The molecule has 3 heteroatoms. The van der Waals surface area contributed by atoms with Gasteiger partial charge in [-0.2, -0.15) is 0 Å². The first-order valence-corrected chi connectivity index (χ1v) is 7.40. The van der Waals surface area contributed by atoms with Crippen LogP contribution in [0.4, 0.5) is 5.69 Å². The molecule has 1 aliphatic heterocycles. The third-order valence-electron chi connectivity index (χ3n) is 3.88. The predicted octanol–water partition coefficient (Wildman–Crippen LogP) is 2.39. The average Bonchev–Trinajstić information content (AvgIpc) is 2.93. The predicted molar refractivity (Wildman–Crippen MR) is 80.4 cm³/mol. The zero-order valence-electron chi connectivity index (χ0n) is 12.1. The molecule has 1 fully saturated rings. The van der Waals surface area contributed by atoms with Crippen molar-refractivity contribution in [3.63, 3.8) is 0 Å². The maximum atomic E-state index is 9.81. The van der Waals surface area contributed by atoms with Crippen LogP contribution in [-0.2, 0) is 6.54 Å². The molecule has 0 spiro atoms. The molecule has 1 aromatic carbocycles. The van der Waals surface area contributed by atoms with Gasteiger partial charge in [-0.15, -0.1) is 0 Å². The van der Waals surface area contributed by atoms with Crippen LogP contribution in [0.5, 0.6) is 0 Å². The molecule has 0 aromatic heterocycles. The summed E-state index contributed by atoms with van der Waals surface area (Å²) in [5.41, 5.74) is 2.69. The Morgan fingerprint density at radius 1 is 1.21 bits per heavy atom. The van der Waals surface area contributed by atoms with Crippen LogP contribution in [-0.4, -0.2) is 30.8 Å². The molecule has 106 valence electrons. The third-order valence-corrected chi connectivity index (χ3v) is 3.88. The molecule has 1 saturated heterocycles. The van der Waals surface area contributed by atoms with Crippen LogP contribution in [0.2, 0.25) is 0 Å². The highest BCUT2D eigenvalue weighted by Crippen LogP contribution is 2.24. The molecule has 0 amide bonds. The van der Waals surface area contributed by atoms with Gasteiger partial charge in [0.05, 0.1) is 6.10 Å². The Labute approximate surface area is 116 Å². The van der Waals surface area contributed by atoms with E-state index in [0.717, 1.165) is 6.54 Å². The zero-order chi connectivity index (χ0) is 13.7. The smallest absolute Gasteiger partial charge is 0.0687 e. The Bertz CT molecular complexity index is 386. The fourth-order valence-corrected chi connectivity index (χ4v) is 2.52. The summed E-state index contributed by atoms with van der Waals surface area (Å²) >= 11 is 0. The second-order valence-electron chi connectivity index (χ2n) is 5.77. The van der Waals surface area contributed by atoms with Crippen molar-refractivity contribution < 1.29 is 5.11 Å². The van der Waals surface area contributed by atoms with E-state index in [1.54, 1.807) is 0 Å². The van der Waals surface area contributed by atoms with E-state index in [1.165, 1.54) is 37.2 Å². The second-order valence-corrected chi connectivity index (χ2v) is 5.77. The van der Waals surface area contributed by atoms with Gasteiger partial charge in [-0.1, -0.05) is 32.0 Å². The number of hydrogen-bond acceptors (Lipinski definition) is 3. The molecule has 0 radical (unpaired) electrons. The van der Waals surface area contributed by atoms with Gasteiger partial charge in [0.2, 0.25) is 0 Å². The summed E-state index contributed by atoms with van der Waals surface area (Å²) in [7, 11) is 0. The number of nitrogens with one attached hydrogen (secondary N) is 1. The van der Waals surface area contributed by atoms with E-state index in [9.17, 15) is 5.11 Å². The van der Waals surface area contributed by atoms with Gasteiger partial charge in [-0.05, 0) is 30.4 Å². The number of rotatable bonds is 6. The quantitative estimate of drug-likeness (QED) is 0.826. The van der Waals surface area contributed by atoms with E-state index in [0.29, 0.717) is 12.5 Å². The lowest BCUT2D eigenvalue weighted by molar-refractivity contribution is 0.123. The van der Waals surface area contributed by atoms with Gasteiger partial charge >= 0.3 is 0 Å². The van der Waals surface area contributed by atoms with E-state index in [4.69, 9.17) is 0 Å². The molecule has 0 aliphatic carbocycles. The minimum Gasteiger partial charge on any atom is -0.392 e. The normalized spacial score (nSPS) is 17.2. The minimum absolute atomic E-state index is 0.265. The molecule has 2 rings (SSSR count). The number of para-hydroxylation sites is 1. The first-order valence-electron chi connectivity index (χ1n) is 7.40. The Balaban J connectivity index is 1.92. The number of aliphatic hydroxyl groups excluding tert-OH is 1. The van der Waals surface area contributed by atoms with E-state index in [2.05, 4.69) is 34.5 Å². The van der Waals surface area contributed by atoms with Crippen LogP contribution in [0, 0.1) is 5.92 Å². The maximum Gasteiger partial charge on any atom is 0.0687 e. The highest BCUT2D eigenvalue weighted by atomic mass is 16.3. The van der Waals surface area contributed by atoms with E-state index in [1.807, 2.05) is 13.8 Å². The van der Waals surface area contributed by atoms with Gasteiger partial charge in [0.15, 0.2) is 0 Å². The van der Waals surface area contributed by atoms with Crippen molar-refractivity contribution in [1.82, 2.24) is 5.32 Å². The molecule has 0 bridgehead atoms. The summed E-state index contributed by atoms with van der Waals surface area (Å²) in [5, 5.41) is 13.2. The van der Waals surface area contributed by atoms with Gasteiger partial charge in [0, 0.05) is 31.9 Å². The third kappa shape index (κ3) is 3.95. The van der Waals surface area contributed by atoms with Crippen molar-refractivity contribution in [1.29, 1.82) is 0 Å². The summed E-state index contributed by atoms with van der Waals surface area (Å²) in [6.07, 6.45) is 2.33. The van der Waals surface area contributed by atoms with Gasteiger partial charge in [0.1, 0.15) is 0 Å². The highest BCUT2D eigenvalue weighted by Gasteiger charge is 2.15. The number of nitrogens with zero attached hydrogens (tertiary/aromatic N) is 1. The SMILES string of the molecule is CC(C)C(O)CNCc1ccccc1N1CCCC1. The Hall–Kier alpha value is -1.06. The van der Waals surface area contributed by atoms with Crippen LogP contribution in [0.1, 0.15) is 32.3 Å². The second kappa shape index (κ2) is 6.92. The molecule has 1 aliphatic rings. The van der Waals surface area contributed by atoms with E-state index in [-0.39, 0.29) is 6.10 Å². The molecule has 1 heterocycles. The summed E-state index contributed by atoms with van der Waals surface area (Å²) in [5.74, 6) is 0.307. The number of hydrogen-bond donors (Lipinski definition) is 2. The van der Waals surface area contributed by atoms with E-state index >= 15 is 0 Å². The number of benzene rings is 1. The van der Waals surface area contributed by atoms with Crippen LogP contribution in [0.25, 0.3) is 0 Å². The fourth-order valence-electron chi connectivity index (χ4n) is 2.52. The molecule has 1 unspecified atom stereocenters. The van der Waals surface area contributed by atoms with Crippen molar-refractivity contribution in [3.05, 3.63) is 29.8 Å². The first kappa shape index (κ1) is 14.4. The largest absolute Gasteiger partial charge is 0.392 e. The van der Waals surface area contributed by atoms with Crippen molar-refractivity contribution in [2.45, 2.75) is 39.3 Å². The topological polar surface area (TPSA) is 35.5 Å². The lowest BCUT2D eigenvalue weighted by atomic mass is 10.1. The monoisotopic (exact) mass is 262 g/mol. The zero-order valence-corrected chi connectivity index (χ0v) is 12.1. The van der Waals surface area contributed by atoms with Crippen molar-refractivity contribution in [2.75, 3.05) is 24.5 Å². The molecule has 0 saturated carbocycles. The van der Waals surface area contributed by atoms with Crippen molar-refractivity contribution >= 4 is 5.69 Å². The van der Waals surface area contributed by atoms with Crippen molar-refractivity contribution in [2.24, 2.45) is 5.92 Å². The first-order chi connectivity index (χ1) is 9.18. The maximum absolute atomic E-state index is 9.81. The molecular formula is C16H26N2O.